The Kier molecular flexibility index (Phi) is 3.87. The molecule has 3 aromatic rings. The maximum atomic E-state index is 12.9. The highest BCUT2D eigenvalue weighted by Gasteiger charge is 2.09. The predicted octanol–water partition coefficient (Wildman–Crippen LogP) is 4.10. The summed E-state index contributed by atoms with van der Waals surface area (Å²) in [4.78, 5) is 0. The first kappa shape index (κ1) is 14.3. The lowest BCUT2D eigenvalue weighted by Crippen LogP contribution is -2.01. The van der Waals surface area contributed by atoms with Crippen LogP contribution in [0.4, 0.5) is 10.1 Å². The van der Waals surface area contributed by atoms with E-state index in [2.05, 4.69) is 33.7 Å². The number of halogens is 1. The molecule has 5 heteroatoms. The van der Waals surface area contributed by atoms with Gasteiger partial charge in [-0.1, -0.05) is 12.1 Å². The summed E-state index contributed by atoms with van der Waals surface area (Å²) in [6.45, 7) is 4.53. The van der Waals surface area contributed by atoms with Crippen LogP contribution in [0.25, 0.3) is 11.5 Å². The smallest absolute Gasteiger partial charge is 0.247 e. The number of anilines is 1. The van der Waals surface area contributed by atoms with Gasteiger partial charge in [0.15, 0.2) is 0 Å². The molecule has 0 bridgehead atoms. The van der Waals surface area contributed by atoms with Crippen LogP contribution < -0.4 is 5.32 Å². The first-order valence-electron chi connectivity index (χ1n) is 7.01. The van der Waals surface area contributed by atoms with Crippen molar-refractivity contribution in [1.82, 2.24) is 10.2 Å². The van der Waals surface area contributed by atoms with E-state index in [-0.39, 0.29) is 5.82 Å². The third-order valence-corrected chi connectivity index (χ3v) is 3.38. The van der Waals surface area contributed by atoms with Gasteiger partial charge in [0.1, 0.15) is 5.82 Å². The van der Waals surface area contributed by atoms with Crippen molar-refractivity contribution in [3.63, 3.8) is 0 Å². The molecular weight excluding hydrogens is 281 g/mol. The van der Waals surface area contributed by atoms with Crippen molar-refractivity contribution >= 4 is 5.69 Å². The Morgan fingerprint density at radius 1 is 1.05 bits per heavy atom. The Labute approximate surface area is 128 Å². The van der Waals surface area contributed by atoms with E-state index in [0.717, 1.165) is 11.3 Å². The molecule has 0 radical (unpaired) electrons. The normalized spacial score (nSPS) is 10.7. The monoisotopic (exact) mass is 297 g/mol. The summed E-state index contributed by atoms with van der Waals surface area (Å²) in [5.41, 5.74) is 4.09. The molecule has 0 spiro atoms. The van der Waals surface area contributed by atoms with E-state index in [1.807, 2.05) is 13.8 Å². The van der Waals surface area contributed by atoms with E-state index in [0.29, 0.717) is 23.9 Å². The van der Waals surface area contributed by atoms with Gasteiger partial charge < -0.3 is 9.73 Å². The summed E-state index contributed by atoms with van der Waals surface area (Å²) in [6.07, 6.45) is 0. The van der Waals surface area contributed by atoms with Crippen molar-refractivity contribution in [1.29, 1.82) is 0 Å². The van der Waals surface area contributed by atoms with Gasteiger partial charge in [-0.05, 0) is 55.3 Å². The van der Waals surface area contributed by atoms with Gasteiger partial charge in [0.25, 0.3) is 0 Å². The van der Waals surface area contributed by atoms with E-state index in [4.69, 9.17) is 4.42 Å². The van der Waals surface area contributed by atoms with Crippen LogP contribution in [0.5, 0.6) is 0 Å². The van der Waals surface area contributed by atoms with E-state index in [1.165, 1.54) is 17.7 Å². The molecule has 112 valence electrons. The van der Waals surface area contributed by atoms with Crippen molar-refractivity contribution < 1.29 is 8.81 Å². The summed E-state index contributed by atoms with van der Waals surface area (Å²) in [7, 11) is 0. The molecule has 0 fully saturated rings. The Balaban J connectivity index is 1.72. The number of hydrogen-bond acceptors (Lipinski definition) is 4. The predicted molar refractivity (Wildman–Crippen MR) is 82.9 cm³/mol. The minimum atomic E-state index is -0.292. The third kappa shape index (κ3) is 3.14. The zero-order valence-corrected chi connectivity index (χ0v) is 12.4. The molecule has 1 N–H and O–H groups in total. The van der Waals surface area contributed by atoms with E-state index in [9.17, 15) is 4.39 Å². The maximum absolute atomic E-state index is 12.9. The second kappa shape index (κ2) is 5.97. The van der Waals surface area contributed by atoms with E-state index >= 15 is 0 Å². The van der Waals surface area contributed by atoms with Gasteiger partial charge in [0.2, 0.25) is 11.8 Å². The van der Waals surface area contributed by atoms with Crippen LogP contribution in [0.1, 0.15) is 17.0 Å². The second-order valence-electron chi connectivity index (χ2n) is 5.18. The summed E-state index contributed by atoms with van der Waals surface area (Å²) in [6, 6.07) is 12.2. The molecule has 0 amide bonds. The Morgan fingerprint density at radius 3 is 2.59 bits per heavy atom. The summed E-state index contributed by atoms with van der Waals surface area (Å²) < 4.78 is 18.5. The Hall–Kier alpha value is -2.69. The van der Waals surface area contributed by atoms with Crippen LogP contribution in [-0.2, 0) is 6.54 Å². The second-order valence-corrected chi connectivity index (χ2v) is 5.18. The van der Waals surface area contributed by atoms with Gasteiger partial charge in [0.05, 0.1) is 6.54 Å². The zero-order chi connectivity index (χ0) is 15.5. The number of benzene rings is 2. The maximum Gasteiger partial charge on any atom is 0.247 e. The van der Waals surface area contributed by atoms with Crippen molar-refractivity contribution in [2.45, 2.75) is 20.4 Å². The summed E-state index contributed by atoms with van der Waals surface area (Å²) in [5.74, 6) is 0.582. The first-order chi connectivity index (χ1) is 10.6. The lowest BCUT2D eigenvalue weighted by Gasteiger charge is -2.08. The number of hydrogen-bond donors (Lipinski definition) is 1. The largest absolute Gasteiger partial charge is 0.419 e. The highest BCUT2D eigenvalue weighted by atomic mass is 19.1. The van der Waals surface area contributed by atoms with Crippen molar-refractivity contribution in [2.24, 2.45) is 0 Å². The van der Waals surface area contributed by atoms with Gasteiger partial charge in [-0.2, -0.15) is 0 Å². The average Bonchev–Trinajstić information content (AvgIpc) is 2.98. The quantitative estimate of drug-likeness (QED) is 0.787. The molecule has 1 heterocycles. The minimum absolute atomic E-state index is 0.292. The Morgan fingerprint density at radius 2 is 1.82 bits per heavy atom. The minimum Gasteiger partial charge on any atom is -0.419 e. The van der Waals surface area contributed by atoms with Crippen LogP contribution in [0, 0.1) is 19.7 Å². The van der Waals surface area contributed by atoms with Crippen LogP contribution in [0.3, 0.4) is 0 Å². The molecule has 4 nitrogen and oxygen atoms in total. The molecule has 3 rings (SSSR count). The number of nitrogens with one attached hydrogen (secondary N) is 1. The molecule has 0 atom stereocenters. The molecule has 0 aliphatic rings. The van der Waals surface area contributed by atoms with Crippen LogP contribution >= 0.6 is 0 Å². The van der Waals surface area contributed by atoms with Gasteiger partial charge in [0, 0.05) is 11.3 Å². The summed E-state index contributed by atoms with van der Waals surface area (Å²) >= 11 is 0. The first-order valence-corrected chi connectivity index (χ1v) is 7.01. The van der Waals surface area contributed by atoms with Crippen molar-refractivity contribution in [2.75, 3.05) is 5.32 Å². The Bertz CT molecular complexity index is 781. The lowest BCUT2D eigenvalue weighted by molar-refractivity contribution is 0.515. The zero-order valence-electron chi connectivity index (χ0n) is 12.4. The molecule has 22 heavy (non-hydrogen) atoms. The number of rotatable bonds is 4. The van der Waals surface area contributed by atoms with Crippen molar-refractivity contribution in [3.8, 4) is 11.5 Å². The van der Waals surface area contributed by atoms with Gasteiger partial charge >= 0.3 is 0 Å². The fraction of sp³-hybridized carbons (Fsp3) is 0.176. The number of aryl methyl sites for hydroxylation is 2. The fourth-order valence-corrected chi connectivity index (χ4v) is 2.13. The van der Waals surface area contributed by atoms with Crippen LogP contribution in [0.2, 0.25) is 0 Å². The van der Waals surface area contributed by atoms with Crippen molar-refractivity contribution in [3.05, 3.63) is 65.3 Å². The van der Waals surface area contributed by atoms with Gasteiger partial charge in [-0.3, -0.25) is 0 Å². The van der Waals surface area contributed by atoms with E-state index in [1.54, 1.807) is 12.1 Å². The molecule has 0 unspecified atom stereocenters. The van der Waals surface area contributed by atoms with Crippen LogP contribution in [-0.4, -0.2) is 10.2 Å². The standard InChI is InChI=1S/C17H16FN3O/c1-11-3-4-12(2)15(9-11)19-10-16-20-21-17(22-16)13-5-7-14(18)8-6-13/h3-9,19H,10H2,1-2H3. The number of nitrogens with zero attached hydrogens (tertiary/aromatic N) is 2. The lowest BCUT2D eigenvalue weighted by atomic mass is 10.1. The molecule has 2 aromatic carbocycles. The highest BCUT2D eigenvalue weighted by Crippen LogP contribution is 2.20. The topological polar surface area (TPSA) is 51.0 Å². The van der Waals surface area contributed by atoms with Crippen LogP contribution in [0.15, 0.2) is 46.9 Å². The summed E-state index contributed by atoms with van der Waals surface area (Å²) in [5, 5.41) is 11.3. The van der Waals surface area contributed by atoms with E-state index < -0.39 is 0 Å². The molecule has 0 saturated heterocycles. The molecule has 0 saturated carbocycles. The molecule has 0 aliphatic carbocycles. The molecular formula is C17H16FN3O. The third-order valence-electron chi connectivity index (χ3n) is 3.38. The molecule has 0 aliphatic heterocycles. The van der Waals surface area contributed by atoms with Gasteiger partial charge in [-0.25, -0.2) is 4.39 Å². The average molecular weight is 297 g/mol. The molecule has 1 aromatic heterocycles. The SMILES string of the molecule is Cc1ccc(C)c(NCc2nnc(-c3ccc(F)cc3)o2)c1. The fourth-order valence-electron chi connectivity index (χ4n) is 2.13. The number of aromatic nitrogens is 2. The van der Waals surface area contributed by atoms with Gasteiger partial charge in [-0.15, -0.1) is 10.2 Å². The highest BCUT2D eigenvalue weighted by molar-refractivity contribution is 5.53.